The van der Waals surface area contributed by atoms with Gasteiger partial charge in [0.05, 0.1) is 13.2 Å². The summed E-state index contributed by atoms with van der Waals surface area (Å²) in [6.45, 7) is 2.05. The lowest BCUT2D eigenvalue weighted by molar-refractivity contribution is 0.415. The van der Waals surface area contributed by atoms with Crippen LogP contribution in [0.15, 0.2) is 53.7 Å². The Labute approximate surface area is 151 Å². The van der Waals surface area contributed by atoms with E-state index in [1.165, 1.54) is 17.3 Å². The van der Waals surface area contributed by atoms with Crippen molar-refractivity contribution < 1.29 is 4.74 Å². The molecule has 0 unspecified atom stereocenters. The first-order valence-electron chi connectivity index (χ1n) is 7.86. The van der Waals surface area contributed by atoms with E-state index in [9.17, 15) is 5.26 Å². The number of H-pyrrole nitrogens is 1. The van der Waals surface area contributed by atoms with Crippen LogP contribution < -0.4 is 4.74 Å². The number of benzene rings is 2. The van der Waals surface area contributed by atoms with Gasteiger partial charge in [-0.2, -0.15) is 5.26 Å². The molecular weight excluding hydrogens is 332 g/mol. The summed E-state index contributed by atoms with van der Waals surface area (Å²) in [4.78, 5) is 4.48. The predicted octanol–water partition coefficient (Wildman–Crippen LogP) is 4.02. The monoisotopic (exact) mass is 350 g/mol. The van der Waals surface area contributed by atoms with E-state index in [-0.39, 0.29) is 5.25 Å². The summed E-state index contributed by atoms with van der Waals surface area (Å²) in [6, 6.07) is 18.1. The number of nitrogens with zero attached hydrogens (tertiary/aromatic N) is 3. The summed E-state index contributed by atoms with van der Waals surface area (Å²) >= 11 is 1.37. The highest BCUT2D eigenvalue weighted by molar-refractivity contribution is 8.00. The molecule has 2 aromatic carbocycles. The fourth-order valence-corrected chi connectivity index (χ4v) is 3.18. The molecule has 25 heavy (non-hydrogen) atoms. The summed E-state index contributed by atoms with van der Waals surface area (Å²) < 4.78 is 5.15. The van der Waals surface area contributed by atoms with Crippen molar-refractivity contribution in [1.82, 2.24) is 15.2 Å². The van der Waals surface area contributed by atoms with E-state index >= 15 is 0 Å². The first-order valence-corrected chi connectivity index (χ1v) is 8.74. The average Bonchev–Trinajstić information content (AvgIpc) is 3.11. The molecule has 0 saturated carbocycles. The molecule has 0 aliphatic carbocycles. The van der Waals surface area contributed by atoms with Crippen LogP contribution in [0.5, 0.6) is 5.75 Å². The van der Waals surface area contributed by atoms with Crippen molar-refractivity contribution in [1.29, 1.82) is 5.26 Å². The van der Waals surface area contributed by atoms with Gasteiger partial charge < -0.3 is 4.74 Å². The van der Waals surface area contributed by atoms with Crippen LogP contribution in [0.4, 0.5) is 0 Å². The van der Waals surface area contributed by atoms with E-state index in [0.29, 0.717) is 17.4 Å². The molecule has 0 amide bonds. The standard InChI is InChI=1S/C19H18N4OS/c1-13-3-5-14(6-4-13)11-17(12-20)25-19-21-18(22-23-19)15-7-9-16(24-2)10-8-15/h3-10,17H,11H2,1-2H3,(H,21,22,23)/t17-/m0/s1. The van der Waals surface area contributed by atoms with Crippen LogP contribution >= 0.6 is 11.8 Å². The van der Waals surface area contributed by atoms with Crippen LogP contribution in [0.1, 0.15) is 11.1 Å². The Kier molecular flexibility index (Phi) is 5.36. The van der Waals surface area contributed by atoms with Crippen LogP contribution in [-0.4, -0.2) is 27.5 Å². The number of rotatable bonds is 6. The molecule has 3 rings (SSSR count). The maximum Gasteiger partial charge on any atom is 0.210 e. The zero-order valence-electron chi connectivity index (χ0n) is 14.1. The van der Waals surface area contributed by atoms with E-state index < -0.39 is 0 Å². The number of hydrogen-bond donors (Lipinski definition) is 1. The number of ether oxygens (including phenoxy) is 1. The van der Waals surface area contributed by atoms with Gasteiger partial charge in [0.25, 0.3) is 0 Å². The molecule has 6 heteroatoms. The predicted molar refractivity (Wildman–Crippen MR) is 98.5 cm³/mol. The largest absolute Gasteiger partial charge is 0.497 e. The van der Waals surface area contributed by atoms with Crippen molar-refractivity contribution in [2.45, 2.75) is 23.8 Å². The van der Waals surface area contributed by atoms with Gasteiger partial charge in [-0.15, -0.1) is 5.10 Å². The number of nitrogens with one attached hydrogen (secondary N) is 1. The van der Waals surface area contributed by atoms with Gasteiger partial charge in [-0.05, 0) is 43.2 Å². The number of nitriles is 1. The Hall–Kier alpha value is -2.78. The molecule has 1 atom stereocenters. The minimum absolute atomic E-state index is 0.234. The third kappa shape index (κ3) is 4.40. The molecule has 1 N–H and O–H groups in total. The second-order valence-electron chi connectivity index (χ2n) is 5.62. The van der Waals surface area contributed by atoms with Gasteiger partial charge in [-0.1, -0.05) is 41.6 Å². The minimum atomic E-state index is -0.234. The van der Waals surface area contributed by atoms with Gasteiger partial charge in [-0.25, -0.2) is 4.98 Å². The molecular formula is C19H18N4OS. The van der Waals surface area contributed by atoms with E-state index in [1.54, 1.807) is 7.11 Å². The van der Waals surface area contributed by atoms with Gasteiger partial charge in [0, 0.05) is 5.56 Å². The number of aryl methyl sites for hydroxylation is 1. The molecule has 126 valence electrons. The first kappa shape index (κ1) is 17.1. The number of hydrogen-bond acceptors (Lipinski definition) is 5. The third-order valence-corrected chi connectivity index (χ3v) is 4.71. The normalized spacial score (nSPS) is 11.7. The highest BCUT2D eigenvalue weighted by Gasteiger charge is 2.15. The molecule has 1 aromatic heterocycles. The van der Waals surface area contributed by atoms with Crippen LogP contribution in [0.2, 0.25) is 0 Å². The summed E-state index contributed by atoms with van der Waals surface area (Å²) in [5.74, 6) is 1.47. The van der Waals surface area contributed by atoms with Crippen LogP contribution in [-0.2, 0) is 6.42 Å². The maximum atomic E-state index is 9.43. The number of aromatic nitrogens is 3. The van der Waals surface area contributed by atoms with Crippen molar-refractivity contribution in [2.75, 3.05) is 7.11 Å². The molecule has 0 bridgehead atoms. The van der Waals surface area contributed by atoms with Crippen molar-refractivity contribution in [2.24, 2.45) is 0 Å². The second-order valence-corrected chi connectivity index (χ2v) is 6.79. The van der Waals surface area contributed by atoms with Crippen molar-refractivity contribution in [3.63, 3.8) is 0 Å². The highest BCUT2D eigenvalue weighted by Crippen LogP contribution is 2.25. The van der Waals surface area contributed by atoms with Crippen molar-refractivity contribution in [3.05, 3.63) is 59.7 Å². The van der Waals surface area contributed by atoms with E-state index in [1.807, 2.05) is 24.3 Å². The first-order chi connectivity index (χ1) is 12.2. The molecule has 0 aliphatic heterocycles. The van der Waals surface area contributed by atoms with Crippen molar-refractivity contribution >= 4 is 11.8 Å². The van der Waals surface area contributed by atoms with Gasteiger partial charge in [0.15, 0.2) is 5.82 Å². The van der Waals surface area contributed by atoms with Gasteiger partial charge in [-0.3, -0.25) is 5.10 Å². The van der Waals surface area contributed by atoms with E-state index in [4.69, 9.17) is 4.74 Å². The molecule has 1 heterocycles. The van der Waals surface area contributed by atoms with Crippen LogP contribution in [0.25, 0.3) is 11.4 Å². The zero-order chi connectivity index (χ0) is 17.6. The average molecular weight is 350 g/mol. The van der Waals surface area contributed by atoms with E-state index in [0.717, 1.165) is 16.9 Å². The second kappa shape index (κ2) is 7.86. The molecule has 0 spiro atoms. The minimum Gasteiger partial charge on any atom is -0.497 e. The van der Waals surface area contributed by atoms with Crippen molar-refractivity contribution in [3.8, 4) is 23.2 Å². The molecule has 0 fully saturated rings. The Balaban J connectivity index is 1.68. The van der Waals surface area contributed by atoms with E-state index in [2.05, 4.69) is 52.4 Å². The summed E-state index contributed by atoms with van der Waals surface area (Å²) in [5.41, 5.74) is 3.27. The summed E-state index contributed by atoms with van der Waals surface area (Å²) in [5, 5.41) is 16.9. The smallest absolute Gasteiger partial charge is 0.210 e. The Morgan fingerprint density at radius 3 is 2.52 bits per heavy atom. The lowest BCUT2D eigenvalue weighted by atomic mass is 10.1. The maximum absolute atomic E-state index is 9.43. The topological polar surface area (TPSA) is 74.6 Å². The fraction of sp³-hybridized carbons (Fsp3) is 0.211. The lowest BCUT2D eigenvalue weighted by Crippen LogP contribution is -2.04. The summed E-state index contributed by atoms with van der Waals surface area (Å²) in [7, 11) is 1.63. The zero-order valence-corrected chi connectivity index (χ0v) is 14.9. The molecule has 0 radical (unpaired) electrons. The van der Waals surface area contributed by atoms with Crippen LogP contribution in [0.3, 0.4) is 0 Å². The Morgan fingerprint density at radius 1 is 1.16 bits per heavy atom. The molecule has 0 saturated heterocycles. The highest BCUT2D eigenvalue weighted by atomic mass is 32.2. The van der Waals surface area contributed by atoms with Gasteiger partial charge in [0.2, 0.25) is 5.16 Å². The fourth-order valence-electron chi connectivity index (χ4n) is 2.36. The molecule has 5 nitrogen and oxygen atoms in total. The number of thioether (sulfide) groups is 1. The third-order valence-electron chi connectivity index (χ3n) is 3.76. The molecule has 3 aromatic rings. The Bertz CT molecular complexity index is 866. The Morgan fingerprint density at radius 2 is 1.88 bits per heavy atom. The van der Waals surface area contributed by atoms with Gasteiger partial charge >= 0.3 is 0 Å². The lowest BCUT2D eigenvalue weighted by Gasteiger charge is -2.06. The SMILES string of the molecule is COc1ccc(-c2nc(S[C@H](C#N)Cc3ccc(C)cc3)n[nH]2)cc1. The number of aromatic amines is 1. The number of methoxy groups -OCH3 is 1. The molecule has 0 aliphatic rings. The quantitative estimate of drug-likeness (QED) is 0.680. The van der Waals surface area contributed by atoms with Gasteiger partial charge in [0.1, 0.15) is 11.0 Å². The van der Waals surface area contributed by atoms with Crippen LogP contribution in [0, 0.1) is 18.3 Å². The summed E-state index contributed by atoms with van der Waals surface area (Å²) in [6.07, 6.45) is 0.661.